The van der Waals surface area contributed by atoms with Crippen molar-refractivity contribution in [2.24, 2.45) is 0 Å². The highest BCUT2D eigenvalue weighted by atomic mass is 32.2. The number of aromatic nitrogens is 1. The van der Waals surface area contributed by atoms with Crippen LogP contribution in [0.4, 0.5) is 4.39 Å². The highest BCUT2D eigenvalue weighted by molar-refractivity contribution is 8.00. The van der Waals surface area contributed by atoms with Crippen LogP contribution in [0.15, 0.2) is 34.1 Å². The molecule has 0 aliphatic heterocycles. The monoisotopic (exact) mass is 269 g/mol. The maximum atomic E-state index is 13.2. The van der Waals surface area contributed by atoms with Crippen molar-refractivity contribution in [1.82, 2.24) is 4.98 Å². The van der Waals surface area contributed by atoms with E-state index in [-0.39, 0.29) is 5.46 Å². The Bertz CT molecular complexity index is 493. The standard InChI is InChI=1S/C10H9BFNO2S2/c12-9-4-7(3-8(5-9)11(14)15)6-17-10-13-1-2-16-10/h1-5,14-15H,6H2. The Hall–Kier alpha value is -0.885. The zero-order valence-corrected chi connectivity index (χ0v) is 10.3. The van der Waals surface area contributed by atoms with E-state index in [1.807, 2.05) is 5.38 Å². The Morgan fingerprint density at radius 3 is 2.82 bits per heavy atom. The summed E-state index contributed by atoms with van der Waals surface area (Å²) < 4.78 is 14.1. The van der Waals surface area contributed by atoms with Crippen LogP contribution in [0.2, 0.25) is 0 Å². The first kappa shape index (κ1) is 12.6. The van der Waals surface area contributed by atoms with Crippen LogP contribution < -0.4 is 5.46 Å². The molecule has 0 saturated carbocycles. The Labute approximate surface area is 106 Å². The third-order valence-electron chi connectivity index (χ3n) is 2.05. The van der Waals surface area contributed by atoms with Crippen molar-refractivity contribution in [3.05, 3.63) is 41.2 Å². The van der Waals surface area contributed by atoms with Crippen molar-refractivity contribution in [3.8, 4) is 0 Å². The summed E-state index contributed by atoms with van der Waals surface area (Å²) in [4.78, 5) is 4.10. The highest BCUT2D eigenvalue weighted by Gasteiger charge is 2.13. The number of thioether (sulfide) groups is 1. The van der Waals surface area contributed by atoms with Crippen LogP contribution in [-0.4, -0.2) is 22.2 Å². The molecule has 1 heterocycles. The van der Waals surface area contributed by atoms with Crippen molar-refractivity contribution in [1.29, 1.82) is 0 Å². The third-order valence-corrected chi connectivity index (χ3v) is 4.09. The van der Waals surface area contributed by atoms with Gasteiger partial charge in [0.1, 0.15) is 10.2 Å². The van der Waals surface area contributed by atoms with Crippen LogP contribution >= 0.6 is 23.1 Å². The Morgan fingerprint density at radius 1 is 1.35 bits per heavy atom. The van der Waals surface area contributed by atoms with Crippen LogP contribution in [0.5, 0.6) is 0 Å². The fourth-order valence-corrected chi connectivity index (χ4v) is 2.90. The zero-order valence-electron chi connectivity index (χ0n) is 8.71. The molecular weight excluding hydrogens is 260 g/mol. The molecule has 2 aromatic rings. The lowest BCUT2D eigenvalue weighted by atomic mass is 9.79. The van der Waals surface area contributed by atoms with Crippen molar-refractivity contribution in [2.45, 2.75) is 10.1 Å². The maximum absolute atomic E-state index is 13.2. The second-order valence-corrected chi connectivity index (χ2v) is 5.47. The van der Waals surface area contributed by atoms with E-state index in [9.17, 15) is 4.39 Å². The summed E-state index contributed by atoms with van der Waals surface area (Å²) in [7, 11) is -1.64. The quantitative estimate of drug-likeness (QED) is 0.648. The number of thiazole rings is 1. The number of hydrogen-bond acceptors (Lipinski definition) is 5. The number of hydrogen-bond donors (Lipinski definition) is 2. The molecule has 2 rings (SSSR count). The van der Waals surface area contributed by atoms with Gasteiger partial charge in [0.2, 0.25) is 0 Å². The van der Waals surface area contributed by atoms with Gasteiger partial charge in [0.15, 0.2) is 0 Å². The summed E-state index contributed by atoms with van der Waals surface area (Å²) in [5.74, 6) is 0.0793. The molecule has 0 saturated heterocycles. The first-order valence-corrected chi connectivity index (χ1v) is 6.69. The van der Waals surface area contributed by atoms with Crippen molar-refractivity contribution < 1.29 is 14.4 Å². The molecule has 0 radical (unpaired) electrons. The third kappa shape index (κ3) is 3.54. The lowest BCUT2D eigenvalue weighted by Gasteiger charge is -2.04. The summed E-state index contributed by atoms with van der Waals surface area (Å²) >= 11 is 3.00. The molecule has 1 aromatic carbocycles. The van der Waals surface area contributed by atoms with E-state index in [1.54, 1.807) is 12.3 Å². The number of halogens is 1. The Balaban J connectivity index is 2.10. The van der Waals surface area contributed by atoms with Gasteiger partial charge >= 0.3 is 7.12 Å². The number of benzene rings is 1. The molecule has 0 spiro atoms. The summed E-state index contributed by atoms with van der Waals surface area (Å²) in [6.07, 6.45) is 1.71. The van der Waals surface area contributed by atoms with Gasteiger partial charge in [-0.25, -0.2) is 9.37 Å². The molecule has 88 valence electrons. The Kier molecular flexibility index (Phi) is 4.17. The fourth-order valence-electron chi connectivity index (χ4n) is 1.33. The van der Waals surface area contributed by atoms with Gasteiger partial charge < -0.3 is 10.0 Å². The van der Waals surface area contributed by atoms with E-state index in [1.165, 1.54) is 29.2 Å². The number of nitrogens with zero attached hydrogens (tertiary/aromatic N) is 1. The molecule has 0 unspecified atom stereocenters. The molecule has 0 aliphatic carbocycles. The molecule has 2 N–H and O–H groups in total. The van der Waals surface area contributed by atoms with E-state index in [4.69, 9.17) is 10.0 Å². The topological polar surface area (TPSA) is 53.4 Å². The summed E-state index contributed by atoms with van der Waals surface area (Å²) in [5.41, 5.74) is 0.869. The lowest BCUT2D eigenvalue weighted by molar-refractivity contribution is 0.425. The molecule has 3 nitrogen and oxygen atoms in total. The summed E-state index contributed by atoms with van der Waals surface area (Å²) in [5, 5.41) is 19.9. The average molecular weight is 269 g/mol. The Morgan fingerprint density at radius 2 is 2.18 bits per heavy atom. The lowest BCUT2D eigenvalue weighted by Crippen LogP contribution is -2.30. The smallest absolute Gasteiger partial charge is 0.423 e. The number of rotatable bonds is 4. The maximum Gasteiger partial charge on any atom is 0.488 e. The van der Waals surface area contributed by atoms with Crippen LogP contribution in [0.1, 0.15) is 5.56 Å². The van der Waals surface area contributed by atoms with Crippen molar-refractivity contribution in [3.63, 3.8) is 0 Å². The van der Waals surface area contributed by atoms with Gasteiger partial charge in [0.05, 0.1) is 0 Å². The molecule has 7 heteroatoms. The second-order valence-electron chi connectivity index (χ2n) is 3.35. The van der Waals surface area contributed by atoms with Crippen LogP contribution in [0, 0.1) is 5.82 Å². The van der Waals surface area contributed by atoms with Gasteiger partial charge in [-0.15, -0.1) is 11.3 Å². The van der Waals surface area contributed by atoms with Gasteiger partial charge in [0, 0.05) is 17.3 Å². The predicted molar refractivity (Wildman–Crippen MR) is 67.9 cm³/mol. The zero-order chi connectivity index (χ0) is 12.3. The molecule has 0 amide bonds. The minimum absolute atomic E-state index is 0.166. The van der Waals surface area contributed by atoms with Crippen LogP contribution in [-0.2, 0) is 5.75 Å². The summed E-state index contributed by atoms with van der Waals surface area (Å²) in [6, 6.07) is 4.07. The van der Waals surface area contributed by atoms with Gasteiger partial charge in [-0.3, -0.25) is 0 Å². The van der Waals surface area contributed by atoms with Gasteiger partial charge in [-0.2, -0.15) is 0 Å². The molecule has 0 bridgehead atoms. The summed E-state index contributed by atoms with van der Waals surface area (Å²) in [6.45, 7) is 0. The van der Waals surface area contributed by atoms with Gasteiger partial charge in [-0.1, -0.05) is 17.8 Å². The molecule has 17 heavy (non-hydrogen) atoms. The second kappa shape index (κ2) is 5.64. The minimum Gasteiger partial charge on any atom is -0.423 e. The van der Waals surface area contributed by atoms with Crippen LogP contribution in [0.25, 0.3) is 0 Å². The van der Waals surface area contributed by atoms with E-state index in [2.05, 4.69) is 4.98 Å². The molecular formula is C10H9BFNO2S2. The van der Waals surface area contributed by atoms with E-state index in [0.29, 0.717) is 11.3 Å². The van der Waals surface area contributed by atoms with Crippen LogP contribution in [0.3, 0.4) is 0 Å². The average Bonchev–Trinajstić information content (AvgIpc) is 2.78. The largest absolute Gasteiger partial charge is 0.488 e. The van der Waals surface area contributed by atoms with Crippen molar-refractivity contribution in [2.75, 3.05) is 0 Å². The van der Waals surface area contributed by atoms with Gasteiger partial charge in [0.25, 0.3) is 0 Å². The van der Waals surface area contributed by atoms with Crippen molar-refractivity contribution >= 4 is 35.7 Å². The molecule has 0 atom stereocenters. The fraction of sp³-hybridized carbons (Fsp3) is 0.100. The molecule has 0 fully saturated rings. The molecule has 1 aromatic heterocycles. The van der Waals surface area contributed by atoms with E-state index >= 15 is 0 Å². The van der Waals surface area contributed by atoms with E-state index < -0.39 is 12.9 Å². The first-order valence-electron chi connectivity index (χ1n) is 4.83. The first-order chi connectivity index (χ1) is 8.15. The van der Waals surface area contributed by atoms with E-state index in [0.717, 1.165) is 10.4 Å². The molecule has 0 aliphatic rings. The SMILES string of the molecule is OB(O)c1cc(F)cc(CSc2nccs2)c1. The highest BCUT2D eigenvalue weighted by Crippen LogP contribution is 2.24. The minimum atomic E-state index is -1.64. The normalized spacial score (nSPS) is 10.5. The van der Waals surface area contributed by atoms with Gasteiger partial charge in [-0.05, 0) is 23.2 Å². The predicted octanol–water partition coefficient (Wildman–Crippen LogP) is 1.25.